The average Bonchev–Trinajstić information content (AvgIpc) is 2.00. The zero-order chi connectivity index (χ0) is 9.90. The van der Waals surface area contributed by atoms with Gasteiger partial charge in [0.15, 0.2) is 0 Å². The van der Waals surface area contributed by atoms with Crippen molar-refractivity contribution in [2.75, 3.05) is 0 Å². The smallest absolute Gasteiger partial charge is 0.129 e. The van der Waals surface area contributed by atoms with E-state index in [4.69, 9.17) is 4.84 Å². The summed E-state index contributed by atoms with van der Waals surface area (Å²) in [5.74, 6) is 0.788. The van der Waals surface area contributed by atoms with Crippen molar-refractivity contribution < 1.29 is 4.84 Å². The summed E-state index contributed by atoms with van der Waals surface area (Å²) in [6.45, 7) is 8.38. The minimum Gasteiger partial charge on any atom is -0.390 e. The van der Waals surface area contributed by atoms with Crippen molar-refractivity contribution >= 4 is 5.71 Å². The third-order valence-electron chi connectivity index (χ3n) is 2.19. The predicted octanol–water partition coefficient (Wildman–Crippen LogP) is 3.37. The maximum atomic E-state index is 5.41. The van der Waals surface area contributed by atoms with E-state index >= 15 is 0 Å². The Kier molecular flexibility index (Phi) is 3.34. The summed E-state index contributed by atoms with van der Waals surface area (Å²) in [5, 5.41) is 4.22. The summed E-state index contributed by atoms with van der Waals surface area (Å²) in [6, 6.07) is 0. The SMILES string of the molecule is CC1CCC/C(=N\OC(C)(C)C)C1. The van der Waals surface area contributed by atoms with Gasteiger partial charge in [-0.2, -0.15) is 0 Å². The van der Waals surface area contributed by atoms with E-state index in [1.807, 2.05) is 20.8 Å². The maximum Gasteiger partial charge on any atom is 0.129 e. The van der Waals surface area contributed by atoms with Crippen molar-refractivity contribution in [1.82, 2.24) is 0 Å². The van der Waals surface area contributed by atoms with Gasteiger partial charge in [0.25, 0.3) is 0 Å². The summed E-state index contributed by atoms with van der Waals surface area (Å²) in [7, 11) is 0. The van der Waals surface area contributed by atoms with E-state index in [-0.39, 0.29) is 5.60 Å². The molecule has 0 aromatic heterocycles. The van der Waals surface area contributed by atoms with Gasteiger partial charge in [-0.25, -0.2) is 0 Å². The first-order valence-electron chi connectivity index (χ1n) is 5.21. The van der Waals surface area contributed by atoms with Crippen LogP contribution in [0.25, 0.3) is 0 Å². The zero-order valence-corrected chi connectivity index (χ0v) is 9.26. The normalized spacial score (nSPS) is 27.7. The zero-order valence-electron chi connectivity index (χ0n) is 9.26. The molecular weight excluding hydrogens is 162 g/mol. The van der Waals surface area contributed by atoms with Crippen LogP contribution in [-0.4, -0.2) is 11.3 Å². The summed E-state index contributed by atoms with van der Waals surface area (Å²) >= 11 is 0. The number of nitrogens with zero attached hydrogens (tertiary/aromatic N) is 1. The Morgan fingerprint density at radius 2 is 2.08 bits per heavy atom. The van der Waals surface area contributed by atoms with Crippen molar-refractivity contribution in [3.05, 3.63) is 0 Å². The summed E-state index contributed by atoms with van der Waals surface area (Å²) in [6.07, 6.45) is 4.86. The van der Waals surface area contributed by atoms with Crippen LogP contribution < -0.4 is 0 Å². The Labute approximate surface area is 81.3 Å². The van der Waals surface area contributed by atoms with E-state index < -0.39 is 0 Å². The van der Waals surface area contributed by atoms with E-state index in [1.165, 1.54) is 18.6 Å². The lowest BCUT2D eigenvalue weighted by Crippen LogP contribution is -2.19. The molecule has 1 saturated carbocycles. The Balaban J connectivity index is 2.42. The standard InChI is InChI=1S/C11H21NO/c1-9-6-5-7-10(8-9)12-13-11(2,3)4/h9H,5-8H2,1-4H3/b12-10+. The fourth-order valence-electron chi connectivity index (χ4n) is 1.55. The second kappa shape index (κ2) is 4.12. The van der Waals surface area contributed by atoms with Gasteiger partial charge in [0, 0.05) is 0 Å². The quantitative estimate of drug-likeness (QED) is 0.571. The van der Waals surface area contributed by atoms with Crippen LogP contribution in [0.1, 0.15) is 53.4 Å². The third-order valence-corrected chi connectivity index (χ3v) is 2.19. The van der Waals surface area contributed by atoms with Crippen LogP contribution in [0.3, 0.4) is 0 Å². The molecule has 1 rings (SSSR count). The van der Waals surface area contributed by atoms with Crippen LogP contribution in [0.15, 0.2) is 5.16 Å². The van der Waals surface area contributed by atoms with Crippen molar-refractivity contribution in [3.63, 3.8) is 0 Å². The second-order valence-electron chi connectivity index (χ2n) is 5.06. The number of rotatable bonds is 1. The molecular formula is C11H21NO. The van der Waals surface area contributed by atoms with Crippen molar-refractivity contribution in [3.8, 4) is 0 Å². The molecule has 1 unspecified atom stereocenters. The fourth-order valence-corrected chi connectivity index (χ4v) is 1.55. The highest BCUT2D eigenvalue weighted by molar-refractivity contribution is 5.84. The molecule has 0 aromatic carbocycles. The summed E-state index contributed by atoms with van der Waals surface area (Å²) in [5.41, 5.74) is 1.10. The van der Waals surface area contributed by atoms with Gasteiger partial charge in [0.05, 0.1) is 5.71 Å². The first-order valence-corrected chi connectivity index (χ1v) is 5.21. The predicted molar refractivity (Wildman–Crippen MR) is 55.9 cm³/mol. The molecule has 0 radical (unpaired) electrons. The lowest BCUT2D eigenvalue weighted by molar-refractivity contribution is -0.000227. The fraction of sp³-hybridized carbons (Fsp3) is 0.909. The molecule has 0 aliphatic heterocycles. The van der Waals surface area contributed by atoms with E-state index in [0.29, 0.717) is 0 Å². The molecule has 2 heteroatoms. The molecule has 13 heavy (non-hydrogen) atoms. The van der Waals surface area contributed by atoms with Crippen molar-refractivity contribution in [2.24, 2.45) is 11.1 Å². The Morgan fingerprint density at radius 3 is 2.62 bits per heavy atom. The van der Waals surface area contributed by atoms with Gasteiger partial charge in [-0.05, 0) is 52.4 Å². The average molecular weight is 183 g/mol. The molecule has 1 atom stereocenters. The Morgan fingerprint density at radius 1 is 1.38 bits per heavy atom. The van der Waals surface area contributed by atoms with E-state index in [2.05, 4.69) is 12.1 Å². The van der Waals surface area contributed by atoms with Gasteiger partial charge in [-0.1, -0.05) is 12.1 Å². The number of oxime groups is 1. The minimum atomic E-state index is -0.145. The maximum absolute atomic E-state index is 5.41. The molecule has 2 nitrogen and oxygen atoms in total. The van der Waals surface area contributed by atoms with Crippen LogP contribution in [0, 0.1) is 5.92 Å². The van der Waals surface area contributed by atoms with Crippen LogP contribution in [-0.2, 0) is 4.84 Å². The van der Waals surface area contributed by atoms with Crippen molar-refractivity contribution in [2.45, 2.75) is 59.0 Å². The van der Waals surface area contributed by atoms with Gasteiger partial charge in [-0.3, -0.25) is 0 Å². The molecule has 0 spiro atoms. The highest BCUT2D eigenvalue weighted by atomic mass is 16.6. The van der Waals surface area contributed by atoms with Crippen LogP contribution in [0.2, 0.25) is 0 Å². The van der Waals surface area contributed by atoms with Crippen LogP contribution >= 0.6 is 0 Å². The van der Waals surface area contributed by atoms with Crippen molar-refractivity contribution in [1.29, 1.82) is 0 Å². The van der Waals surface area contributed by atoms with E-state index in [1.54, 1.807) is 0 Å². The molecule has 0 heterocycles. The largest absolute Gasteiger partial charge is 0.390 e. The highest BCUT2D eigenvalue weighted by Gasteiger charge is 2.16. The number of hydrogen-bond donors (Lipinski definition) is 0. The molecule has 76 valence electrons. The first-order chi connectivity index (χ1) is 5.97. The lowest BCUT2D eigenvalue weighted by atomic mass is 9.89. The van der Waals surface area contributed by atoms with Gasteiger partial charge < -0.3 is 4.84 Å². The van der Waals surface area contributed by atoms with E-state index in [0.717, 1.165) is 18.8 Å². The molecule has 0 N–H and O–H groups in total. The highest BCUT2D eigenvalue weighted by Crippen LogP contribution is 2.22. The molecule has 0 aromatic rings. The van der Waals surface area contributed by atoms with Crippen LogP contribution in [0.5, 0.6) is 0 Å². The van der Waals surface area contributed by atoms with Gasteiger partial charge in [0.1, 0.15) is 5.60 Å². The molecule has 1 aliphatic rings. The monoisotopic (exact) mass is 183 g/mol. The molecule has 1 aliphatic carbocycles. The minimum absolute atomic E-state index is 0.145. The Hall–Kier alpha value is -0.530. The topological polar surface area (TPSA) is 21.6 Å². The summed E-state index contributed by atoms with van der Waals surface area (Å²) < 4.78 is 0. The van der Waals surface area contributed by atoms with Gasteiger partial charge in [-0.15, -0.1) is 0 Å². The van der Waals surface area contributed by atoms with Crippen LogP contribution in [0.4, 0.5) is 0 Å². The molecule has 0 saturated heterocycles. The molecule has 1 fully saturated rings. The lowest BCUT2D eigenvalue weighted by Gasteiger charge is -2.21. The van der Waals surface area contributed by atoms with Gasteiger partial charge in [0.2, 0.25) is 0 Å². The molecule has 0 amide bonds. The Bertz CT molecular complexity index is 191. The first kappa shape index (κ1) is 10.6. The summed E-state index contributed by atoms with van der Waals surface area (Å²) in [4.78, 5) is 5.41. The third kappa shape index (κ3) is 4.30. The van der Waals surface area contributed by atoms with E-state index in [9.17, 15) is 0 Å². The number of hydrogen-bond acceptors (Lipinski definition) is 2. The van der Waals surface area contributed by atoms with Gasteiger partial charge >= 0.3 is 0 Å². The second-order valence-corrected chi connectivity index (χ2v) is 5.06. The molecule has 0 bridgehead atoms.